The number of benzene rings is 2. The molecule has 0 aliphatic rings. The quantitative estimate of drug-likeness (QED) is 0.225. The minimum Gasteiger partial charge on any atom is -0.497 e. The van der Waals surface area contributed by atoms with Crippen molar-refractivity contribution >= 4 is 17.5 Å². The summed E-state index contributed by atoms with van der Waals surface area (Å²) in [5.74, 6) is 1.68. The van der Waals surface area contributed by atoms with Gasteiger partial charge in [-0.3, -0.25) is 4.79 Å². The molecule has 4 aromatic rings. The molecule has 4 rings (SSSR count). The maximum atomic E-state index is 13.1. The van der Waals surface area contributed by atoms with Gasteiger partial charge >= 0.3 is 6.61 Å². The van der Waals surface area contributed by atoms with E-state index in [0.717, 1.165) is 28.4 Å². The van der Waals surface area contributed by atoms with E-state index in [4.69, 9.17) is 4.74 Å². The molecule has 0 radical (unpaired) electrons. The predicted octanol–water partition coefficient (Wildman–Crippen LogP) is 5.47. The second kappa shape index (κ2) is 10.3. The molecule has 10 heteroatoms. The van der Waals surface area contributed by atoms with Crippen molar-refractivity contribution < 1.29 is 23.0 Å². The Morgan fingerprint density at radius 1 is 1.03 bits per heavy atom. The normalized spacial score (nSPS) is 11.2. The number of aryl methyl sites for hydroxylation is 1. The zero-order chi connectivity index (χ0) is 25.1. The van der Waals surface area contributed by atoms with Gasteiger partial charge in [-0.1, -0.05) is 11.8 Å². The number of thioether (sulfide) groups is 1. The van der Waals surface area contributed by atoms with Gasteiger partial charge in [0.15, 0.2) is 16.8 Å². The molecule has 0 saturated heterocycles. The van der Waals surface area contributed by atoms with Crippen molar-refractivity contribution in [2.75, 3.05) is 12.9 Å². The van der Waals surface area contributed by atoms with E-state index in [2.05, 4.69) is 14.9 Å². The predicted molar refractivity (Wildman–Crippen MR) is 130 cm³/mol. The van der Waals surface area contributed by atoms with Gasteiger partial charge in [-0.2, -0.15) is 8.78 Å². The summed E-state index contributed by atoms with van der Waals surface area (Å²) in [6.45, 7) is 0.877. The van der Waals surface area contributed by atoms with Crippen LogP contribution in [-0.4, -0.2) is 44.6 Å². The maximum Gasteiger partial charge on any atom is 0.387 e. The average molecular weight is 499 g/mol. The Kier molecular flexibility index (Phi) is 7.20. The third-order valence-corrected chi connectivity index (χ3v) is 6.59. The molecule has 2 heterocycles. The Hall–Kier alpha value is -3.66. The Morgan fingerprint density at radius 2 is 1.69 bits per heavy atom. The molecule has 0 N–H and O–H groups in total. The molecule has 0 aliphatic heterocycles. The van der Waals surface area contributed by atoms with Crippen molar-refractivity contribution in [3.05, 3.63) is 71.5 Å². The maximum absolute atomic E-state index is 13.1. The van der Waals surface area contributed by atoms with Gasteiger partial charge in [0.1, 0.15) is 11.5 Å². The van der Waals surface area contributed by atoms with Crippen LogP contribution in [0.4, 0.5) is 8.78 Å². The minimum absolute atomic E-state index is 0.0407. The SMILES string of the molecule is COc1ccc(-c2nnc(SCC(=O)c3cc(C)n(-c4ccc(OC(F)F)cc4)c3C)n2C)cc1. The average Bonchev–Trinajstić information content (AvgIpc) is 3.36. The Balaban J connectivity index is 1.48. The van der Waals surface area contributed by atoms with Gasteiger partial charge in [0.2, 0.25) is 0 Å². The lowest BCUT2D eigenvalue weighted by Gasteiger charge is -2.11. The molecule has 0 saturated carbocycles. The number of methoxy groups -OCH3 is 1. The van der Waals surface area contributed by atoms with E-state index in [-0.39, 0.29) is 17.3 Å². The first-order valence-corrected chi connectivity index (χ1v) is 11.7. The number of alkyl halides is 2. The van der Waals surface area contributed by atoms with Crippen molar-refractivity contribution in [2.45, 2.75) is 25.6 Å². The number of carbonyl (C=O) groups is 1. The Bertz CT molecular complexity index is 1330. The highest BCUT2D eigenvalue weighted by atomic mass is 32.2. The summed E-state index contributed by atoms with van der Waals surface area (Å²) in [6, 6.07) is 15.7. The fourth-order valence-electron chi connectivity index (χ4n) is 3.86. The van der Waals surface area contributed by atoms with Crippen LogP contribution in [0.3, 0.4) is 0 Å². The van der Waals surface area contributed by atoms with Crippen molar-refractivity contribution in [3.8, 4) is 28.6 Å². The number of hydrogen-bond acceptors (Lipinski definition) is 6. The van der Waals surface area contributed by atoms with Crippen LogP contribution in [0.25, 0.3) is 17.1 Å². The standard InChI is InChI=1S/C25H24F2N4O3S/c1-15-13-21(16(2)31(15)18-7-11-20(12-8-18)34-24(26)27)22(32)14-35-25-29-28-23(30(25)3)17-5-9-19(33-4)10-6-17/h5-13,24H,14H2,1-4H3. The molecule has 7 nitrogen and oxygen atoms in total. The molecule has 35 heavy (non-hydrogen) atoms. The lowest BCUT2D eigenvalue weighted by molar-refractivity contribution is -0.0498. The molecular formula is C25H24F2N4O3S. The second-order valence-electron chi connectivity index (χ2n) is 7.80. The number of rotatable bonds is 9. The highest BCUT2D eigenvalue weighted by Gasteiger charge is 2.19. The van der Waals surface area contributed by atoms with Crippen molar-refractivity contribution in [3.63, 3.8) is 0 Å². The van der Waals surface area contributed by atoms with Crippen molar-refractivity contribution in [2.24, 2.45) is 7.05 Å². The molecule has 2 aromatic heterocycles. The summed E-state index contributed by atoms with van der Waals surface area (Å²) in [5, 5.41) is 9.15. The van der Waals surface area contributed by atoms with Gasteiger partial charge in [-0.05, 0) is 68.4 Å². The first kappa shape index (κ1) is 24.5. The van der Waals surface area contributed by atoms with Gasteiger partial charge in [0, 0.05) is 35.2 Å². The van der Waals surface area contributed by atoms with E-state index in [1.165, 1.54) is 23.9 Å². The molecule has 182 valence electrons. The van der Waals surface area contributed by atoms with Crippen LogP contribution >= 0.6 is 11.8 Å². The van der Waals surface area contributed by atoms with Crippen LogP contribution in [0.2, 0.25) is 0 Å². The van der Waals surface area contributed by atoms with Gasteiger partial charge in [-0.15, -0.1) is 10.2 Å². The van der Waals surface area contributed by atoms with Gasteiger partial charge in [-0.25, -0.2) is 0 Å². The largest absolute Gasteiger partial charge is 0.497 e. The molecule has 0 bridgehead atoms. The smallest absolute Gasteiger partial charge is 0.387 e. The van der Waals surface area contributed by atoms with Crippen molar-refractivity contribution in [1.82, 2.24) is 19.3 Å². The van der Waals surface area contributed by atoms with Crippen LogP contribution < -0.4 is 9.47 Å². The van der Waals surface area contributed by atoms with Gasteiger partial charge in [0.25, 0.3) is 0 Å². The van der Waals surface area contributed by atoms with Crippen LogP contribution in [-0.2, 0) is 7.05 Å². The summed E-state index contributed by atoms with van der Waals surface area (Å²) in [5.41, 5.74) is 3.88. The Labute approximate surface area is 205 Å². The summed E-state index contributed by atoms with van der Waals surface area (Å²) in [6.07, 6.45) is 0. The summed E-state index contributed by atoms with van der Waals surface area (Å²) >= 11 is 1.32. The van der Waals surface area contributed by atoms with Crippen LogP contribution in [0.15, 0.2) is 59.8 Å². The van der Waals surface area contributed by atoms with E-state index in [1.54, 1.807) is 19.2 Å². The highest BCUT2D eigenvalue weighted by molar-refractivity contribution is 7.99. The monoisotopic (exact) mass is 498 g/mol. The molecule has 0 aliphatic carbocycles. The van der Waals surface area contributed by atoms with Gasteiger partial charge < -0.3 is 18.6 Å². The zero-order valence-electron chi connectivity index (χ0n) is 19.7. The number of aromatic nitrogens is 4. The number of ketones is 1. The summed E-state index contributed by atoms with van der Waals surface area (Å²) in [7, 11) is 3.47. The highest BCUT2D eigenvalue weighted by Crippen LogP contribution is 2.27. The Morgan fingerprint density at radius 3 is 2.31 bits per heavy atom. The first-order valence-electron chi connectivity index (χ1n) is 10.7. The number of Topliss-reactive ketones (excluding diaryl/α,β-unsaturated/α-hetero) is 1. The number of nitrogens with zero attached hydrogens (tertiary/aromatic N) is 4. The molecule has 2 aromatic carbocycles. The molecule has 0 atom stereocenters. The lowest BCUT2D eigenvalue weighted by Crippen LogP contribution is -2.07. The fraction of sp³-hybridized carbons (Fsp3) is 0.240. The van der Waals surface area contributed by atoms with E-state index in [1.807, 2.05) is 60.4 Å². The van der Waals surface area contributed by atoms with E-state index in [0.29, 0.717) is 16.5 Å². The van der Waals surface area contributed by atoms with E-state index >= 15 is 0 Å². The number of ether oxygens (including phenoxy) is 2. The number of halogens is 2. The molecular weight excluding hydrogens is 474 g/mol. The second-order valence-corrected chi connectivity index (χ2v) is 8.74. The molecule has 0 fully saturated rings. The summed E-state index contributed by atoms with van der Waals surface area (Å²) in [4.78, 5) is 13.1. The number of carbonyl (C=O) groups excluding carboxylic acids is 1. The molecule has 0 amide bonds. The van der Waals surface area contributed by atoms with Crippen LogP contribution in [0.1, 0.15) is 21.7 Å². The third-order valence-electron chi connectivity index (χ3n) is 5.57. The molecule has 0 spiro atoms. The van der Waals surface area contributed by atoms with E-state index in [9.17, 15) is 13.6 Å². The van der Waals surface area contributed by atoms with Crippen molar-refractivity contribution in [1.29, 1.82) is 0 Å². The van der Waals surface area contributed by atoms with Gasteiger partial charge in [0.05, 0.1) is 12.9 Å². The first-order chi connectivity index (χ1) is 16.8. The number of hydrogen-bond donors (Lipinski definition) is 0. The third kappa shape index (κ3) is 5.22. The van der Waals surface area contributed by atoms with Crippen LogP contribution in [0.5, 0.6) is 11.5 Å². The topological polar surface area (TPSA) is 71.2 Å². The lowest BCUT2D eigenvalue weighted by atomic mass is 10.2. The van der Waals surface area contributed by atoms with Crippen LogP contribution in [0, 0.1) is 13.8 Å². The van der Waals surface area contributed by atoms with E-state index < -0.39 is 6.61 Å². The fourth-order valence-corrected chi connectivity index (χ4v) is 4.65. The zero-order valence-corrected chi connectivity index (χ0v) is 20.5. The summed E-state index contributed by atoms with van der Waals surface area (Å²) < 4.78 is 38.2. The molecule has 0 unspecified atom stereocenters. The minimum atomic E-state index is -2.88.